The number of amides is 1. The number of likely N-dealkylation sites (tertiary alicyclic amines) is 1. The number of aromatic nitrogens is 2. The van der Waals surface area contributed by atoms with E-state index in [1.807, 2.05) is 7.05 Å². The van der Waals surface area contributed by atoms with Crippen LogP contribution in [0.4, 0.5) is 6.01 Å². The van der Waals surface area contributed by atoms with Gasteiger partial charge in [-0.25, -0.2) is 0 Å². The molecule has 1 aromatic heterocycles. The highest BCUT2D eigenvalue weighted by Gasteiger charge is 2.29. The van der Waals surface area contributed by atoms with Crippen LogP contribution in [-0.4, -0.2) is 40.6 Å². The van der Waals surface area contributed by atoms with Gasteiger partial charge in [-0.15, -0.1) is 0 Å². The normalized spacial score (nSPS) is 25.1. The smallest absolute Gasteiger partial charge is 0.321 e. The highest BCUT2D eigenvalue weighted by molar-refractivity contribution is 5.76. The van der Waals surface area contributed by atoms with Gasteiger partial charge in [-0.1, -0.05) is 5.16 Å². The van der Waals surface area contributed by atoms with Crippen LogP contribution in [0.3, 0.4) is 0 Å². The third kappa shape index (κ3) is 2.25. The molecule has 3 rings (SSSR count). The van der Waals surface area contributed by atoms with Gasteiger partial charge in [0.15, 0.2) is 5.82 Å². The fourth-order valence-electron chi connectivity index (χ4n) is 2.11. The number of nitrogens with zero attached hydrogens (tertiary/aromatic N) is 3. The number of rotatable bonds is 3. The minimum absolute atomic E-state index is 0.201. The van der Waals surface area contributed by atoms with Crippen LogP contribution in [0.2, 0.25) is 0 Å². The minimum Gasteiger partial charge on any atom is -0.344 e. The molecule has 2 aliphatic rings. The van der Waals surface area contributed by atoms with Gasteiger partial charge in [0, 0.05) is 32.0 Å². The Morgan fingerprint density at radius 2 is 2.24 bits per heavy atom. The maximum Gasteiger partial charge on any atom is 0.321 e. The second kappa shape index (κ2) is 4.01. The second-order valence-electron chi connectivity index (χ2n) is 4.89. The first-order valence-electron chi connectivity index (χ1n) is 6.06. The van der Waals surface area contributed by atoms with Crippen LogP contribution in [-0.2, 0) is 4.79 Å². The molecule has 0 unspecified atom stereocenters. The topological polar surface area (TPSA) is 71.3 Å². The van der Waals surface area contributed by atoms with Crippen LogP contribution >= 0.6 is 0 Å². The lowest BCUT2D eigenvalue weighted by molar-refractivity contribution is -0.132. The van der Waals surface area contributed by atoms with Crippen LogP contribution in [0.25, 0.3) is 0 Å². The van der Waals surface area contributed by atoms with Crippen molar-refractivity contribution in [1.29, 1.82) is 0 Å². The van der Waals surface area contributed by atoms with Crippen LogP contribution in [0.1, 0.15) is 37.4 Å². The Balaban J connectivity index is 1.60. The number of hydrogen-bond acceptors (Lipinski definition) is 5. The van der Waals surface area contributed by atoms with E-state index in [0.29, 0.717) is 24.9 Å². The van der Waals surface area contributed by atoms with Crippen LogP contribution in [0, 0.1) is 0 Å². The lowest BCUT2D eigenvalue weighted by Crippen LogP contribution is -2.43. The molecule has 6 heteroatoms. The molecule has 0 radical (unpaired) electrons. The predicted molar refractivity (Wildman–Crippen MR) is 60.6 cm³/mol. The summed E-state index contributed by atoms with van der Waals surface area (Å²) in [5.74, 6) is 1.52. The molecule has 1 atom stereocenters. The van der Waals surface area contributed by atoms with E-state index in [-0.39, 0.29) is 11.9 Å². The first-order valence-corrected chi connectivity index (χ1v) is 6.06. The standard InChI is InChI=1S/C11H16N4O2/c1-15-6-8(4-5-9(15)16)12-11-13-10(14-17-11)7-2-3-7/h7-8H,2-6H2,1H3,(H,12,13,14)/t8-/m1/s1. The Labute approximate surface area is 99.4 Å². The number of hydrogen-bond donors (Lipinski definition) is 1. The summed E-state index contributed by atoms with van der Waals surface area (Å²) in [6.07, 6.45) is 3.74. The predicted octanol–water partition coefficient (Wildman–Crippen LogP) is 0.980. The number of likely N-dealkylation sites (N-methyl/N-ethyl adjacent to an activating group) is 1. The zero-order valence-corrected chi connectivity index (χ0v) is 9.85. The number of anilines is 1. The van der Waals surface area contributed by atoms with E-state index in [2.05, 4.69) is 15.5 Å². The summed E-state index contributed by atoms with van der Waals surface area (Å²) in [6, 6.07) is 0.699. The lowest BCUT2D eigenvalue weighted by atomic mass is 10.1. The van der Waals surface area contributed by atoms with Gasteiger partial charge in [-0.3, -0.25) is 4.79 Å². The maximum absolute atomic E-state index is 11.3. The molecule has 1 saturated heterocycles. The molecule has 2 heterocycles. The summed E-state index contributed by atoms with van der Waals surface area (Å²) < 4.78 is 5.16. The Hall–Kier alpha value is -1.59. The van der Waals surface area contributed by atoms with E-state index in [9.17, 15) is 4.79 Å². The molecular weight excluding hydrogens is 220 g/mol. The number of piperidine rings is 1. The van der Waals surface area contributed by atoms with Gasteiger partial charge in [0.2, 0.25) is 5.91 Å². The maximum atomic E-state index is 11.3. The highest BCUT2D eigenvalue weighted by Crippen LogP contribution is 2.38. The van der Waals surface area contributed by atoms with E-state index >= 15 is 0 Å². The molecule has 6 nitrogen and oxygen atoms in total. The third-order valence-electron chi connectivity index (χ3n) is 3.34. The Bertz CT molecular complexity index is 427. The molecule has 17 heavy (non-hydrogen) atoms. The summed E-state index contributed by atoms with van der Waals surface area (Å²) in [6.45, 7) is 0.694. The molecule has 1 saturated carbocycles. The van der Waals surface area contributed by atoms with Crippen molar-refractivity contribution in [2.45, 2.75) is 37.6 Å². The second-order valence-corrected chi connectivity index (χ2v) is 4.89. The van der Waals surface area contributed by atoms with Crippen molar-refractivity contribution in [2.75, 3.05) is 18.9 Å². The van der Waals surface area contributed by atoms with E-state index in [1.165, 1.54) is 12.8 Å². The van der Waals surface area contributed by atoms with Crippen molar-refractivity contribution < 1.29 is 9.32 Å². The van der Waals surface area contributed by atoms with Gasteiger partial charge in [0.05, 0.1) is 0 Å². The monoisotopic (exact) mass is 236 g/mol. The Morgan fingerprint density at radius 3 is 2.94 bits per heavy atom. The molecular formula is C11H16N4O2. The van der Waals surface area contributed by atoms with E-state index in [4.69, 9.17) is 4.52 Å². The molecule has 1 aliphatic carbocycles. The number of nitrogens with one attached hydrogen (secondary N) is 1. The summed E-state index contributed by atoms with van der Waals surface area (Å²) in [5.41, 5.74) is 0. The number of carbonyl (C=O) groups is 1. The quantitative estimate of drug-likeness (QED) is 0.847. The average molecular weight is 236 g/mol. The van der Waals surface area contributed by atoms with Gasteiger partial charge in [0.1, 0.15) is 0 Å². The Kier molecular flexibility index (Phi) is 2.49. The van der Waals surface area contributed by atoms with Crippen molar-refractivity contribution in [3.8, 4) is 0 Å². The van der Waals surface area contributed by atoms with Crippen molar-refractivity contribution in [2.24, 2.45) is 0 Å². The fourth-order valence-corrected chi connectivity index (χ4v) is 2.11. The SMILES string of the molecule is CN1C[C@H](Nc2nc(C3CC3)no2)CCC1=O. The van der Waals surface area contributed by atoms with Gasteiger partial charge in [0.25, 0.3) is 0 Å². The summed E-state index contributed by atoms with van der Waals surface area (Å²) in [4.78, 5) is 17.4. The van der Waals surface area contributed by atoms with E-state index in [1.54, 1.807) is 4.90 Å². The lowest BCUT2D eigenvalue weighted by Gasteiger charge is -2.29. The average Bonchev–Trinajstić information content (AvgIpc) is 3.06. The zero-order valence-electron chi connectivity index (χ0n) is 9.85. The molecule has 0 spiro atoms. The van der Waals surface area contributed by atoms with Crippen molar-refractivity contribution in [3.63, 3.8) is 0 Å². The van der Waals surface area contributed by atoms with Gasteiger partial charge in [-0.05, 0) is 19.3 Å². The number of carbonyl (C=O) groups excluding carboxylic acids is 1. The van der Waals surface area contributed by atoms with Gasteiger partial charge >= 0.3 is 6.01 Å². The summed E-state index contributed by atoms with van der Waals surface area (Å²) in [5, 5.41) is 7.15. The van der Waals surface area contributed by atoms with Gasteiger partial charge < -0.3 is 14.7 Å². The van der Waals surface area contributed by atoms with Crippen molar-refractivity contribution in [3.05, 3.63) is 5.82 Å². The zero-order chi connectivity index (χ0) is 11.8. The van der Waals surface area contributed by atoms with Crippen LogP contribution in [0.15, 0.2) is 4.52 Å². The van der Waals surface area contributed by atoms with Crippen LogP contribution < -0.4 is 5.32 Å². The highest BCUT2D eigenvalue weighted by atomic mass is 16.5. The molecule has 1 N–H and O–H groups in total. The fraction of sp³-hybridized carbons (Fsp3) is 0.727. The molecule has 1 amide bonds. The van der Waals surface area contributed by atoms with E-state index < -0.39 is 0 Å². The minimum atomic E-state index is 0.201. The van der Waals surface area contributed by atoms with Crippen molar-refractivity contribution >= 4 is 11.9 Å². The molecule has 2 fully saturated rings. The molecule has 0 bridgehead atoms. The molecule has 1 aromatic rings. The largest absolute Gasteiger partial charge is 0.344 e. The Morgan fingerprint density at radius 1 is 1.41 bits per heavy atom. The molecule has 92 valence electrons. The van der Waals surface area contributed by atoms with Crippen LogP contribution in [0.5, 0.6) is 0 Å². The first-order chi connectivity index (χ1) is 8.22. The first kappa shape index (κ1) is 10.6. The van der Waals surface area contributed by atoms with Crippen molar-refractivity contribution in [1.82, 2.24) is 15.0 Å². The third-order valence-corrected chi connectivity index (χ3v) is 3.34. The van der Waals surface area contributed by atoms with Gasteiger partial charge in [-0.2, -0.15) is 4.98 Å². The summed E-state index contributed by atoms with van der Waals surface area (Å²) in [7, 11) is 1.82. The summed E-state index contributed by atoms with van der Waals surface area (Å²) >= 11 is 0. The molecule has 0 aromatic carbocycles. The molecule has 1 aliphatic heterocycles. The van der Waals surface area contributed by atoms with E-state index in [0.717, 1.165) is 12.2 Å².